The van der Waals surface area contributed by atoms with Crippen LogP contribution in [0.3, 0.4) is 0 Å². The third-order valence-corrected chi connectivity index (χ3v) is 5.29. The van der Waals surface area contributed by atoms with Gasteiger partial charge >= 0.3 is 5.84 Å². The Kier molecular flexibility index (Phi) is 4.26. The molecule has 0 unspecified atom stereocenters. The molecule has 3 aromatic carbocycles. The van der Waals surface area contributed by atoms with E-state index in [9.17, 15) is 0 Å². The zero-order valence-corrected chi connectivity index (χ0v) is 15.5. The minimum Gasteiger partial charge on any atom is -0.336 e. The van der Waals surface area contributed by atoms with Gasteiger partial charge in [-0.1, -0.05) is 52.3 Å². The van der Waals surface area contributed by atoms with Crippen LogP contribution in [0.2, 0.25) is 0 Å². The normalized spacial score (nSPS) is 11.6. The monoisotopic (exact) mass is 406 g/mol. The lowest BCUT2D eigenvalue weighted by Gasteiger charge is -2.09. The summed E-state index contributed by atoms with van der Waals surface area (Å²) in [5.41, 5.74) is 4.34. The number of nitrogens with two attached hydrogens (primary N) is 2. The van der Waals surface area contributed by atoms with Crippen molar-refractivity contribution in [2.24, 2.45) is 16.2 Å². The van der Waals surface area contributed by atoms with Gasteiger partial charge in [-0.3, -0.25) is 11.3 Å². The van der Waals surface area contributed by atoms with Crippen LogP contribution in [0.25, 0.3) is 21.8 Å². The van der Waals surface area contributed by atoms with Crippen molar-refractivity contribution >= 4 is 43.6 Å². The molecule has 0 saturated carbocycles. The Hall–Kier alpha value is -2.99. The molecule has 0 bridgehead atoms. The molecule has 0 aliphatic heterocycles. The van der Waals surface area contributed by atoms with Crippen molar-refractivity contribution in [3.8, 4) is 0 Å². The van der Waals surface area contributed by atoms with E-state index in [0.29, 0.717) is 5.84 Å². The Morgan fingerprint density at radius 1 is 0.962 bits per heavy atom. The third-order valence-electron chi connectivity index (χ3n) is 4.52. The predicted molar refractivity (Wildman–Crippen MR) is 108 cm³/mol. The van der Waals surface area contributed by atoms with Gasteiger partial charge in [-0.15, -0.1) is 0 Å². The van der Waals surface area contributed by atoms with E-state index in [-0.39, 0.29) is 0 Å². The summed E-state index contributed by atoms with van der Waals surface area (Å²) in [5.74, 6) is 5.43. The van der Waals surface area contributed by atoms with Crippen LogP contribution in [-0.4, -0.2) is 10.4 Å². The van der Waals surface area contributed by atoms with Gasteiger partial charge in [0.1, 0.15) is 0 Å². The van der Waals surface area contributed by atoms with Crippen LogP contribution in [0.1, 0.15) is 11.1 Å². The van der Waals surface area contributed by atoms with E-state index in [2.05, 4.69) is 73.3 Å². The highest BCUT2D eigenvalue weighted by Gasteiger charge is 2.15. The summed E-state index contributed by atoms with van der Waals surface area (Å²) in [6, 6.07) is 22.7. The summed E-state index contributed by atoms with van der Waals surface area (Å²) in [7, 11) is 0. The fourth-order valence-electron chi connectivity index (χ4n) is 3.30. The van der Waals surface area contributed by atoms with Crippen molar-refractivity contribution < 1.29 is 5.41 Å². The van der Waals surface area contributed by atoms with Crippen molar-refractivity contribution in [1.82, 2.24) is 4.57 Å². The van der Waals surface area contributed by atoms with Crippen LogP contribution in [0, 0.1) is 0 Å². The Labute approximate surface area is 158 Å². The number of para-hydroxylation sites is 1. The minimum absolute atomic E-state index is 0.303. The van der Waals surface area contributed by atoms with Gasteiger partial charge in [0.05, 0.1) is 10.7 Å². The molecule has 0 spiro atoms. The minimum atomic E-state index is 0.303. The number of nitrogens with zero attached hydrogens (tertiary/aromatic N) is 3. The summed E-state index contributed by atoms with van der Waals surface area (Å²) < 4.78 is 3.42. The molecule has 4 rings (SSSR count). The van der Waals surface area contributed by atoms with Gasteiger partial charge in [-0.25, -0.2) is 0 Å². The van der Waals surface area contributed by atoms with Crippen molar-refractivity contribution in [2.75, 3.05) is 0 Å². The van der Waals surface area contributed by atoms with Gasteiger partial charge in [0.25, 0.3) is 0 Å². The smallest absolute Gasteiger partial charge is 0.336 e. The van der Waals surface area contributed by atoms with Gasteiger partial charge in [-0.2, -0.15) is 0 Å². The number of hydrogen-bond acceptors (Lipinski definition) is 1. The van der Waals surface area contributed by atoms with Gasteiger partial charge in [-0.05, 0) is 35.9 Å². The van der Waals surface area contributed by atoms with Crippen LogP contribution < -0.4 is 11.3 Å². The van der Waals surface area contributed by atoms with Crippen LogP contribution in [0.15, 0.2) is 81.5 Å². The second kappa shape index (κ2) is 6.72. The maximum absolute atomic E-state index is 5.95. The van der Waals surface area contributed by atoms with Gasteiger partial charge < -0.3 is 4.57 Å². The summed E-state index contributed by atoms with van der Waals surface area (Å²) in [4.78, 5) is 0. The molecular weight excluding hydrogens is 390 g/mol. The summed E-state index contributed by atoms with van der Waals surface area (Å²) >= 11 is 3.65. The SMILES string of the molecule is NN=NC(=[NH2+])c1ccc2c(c1)c1ccccc1n2Cc1ccccc1Br. The molecule has 0 aliphatic carbocycles. The average Bonchev–Trinajstić information content (AvgIpc) is 2.97. The van der Waals surface area contributed by atoms with Gasteiger partial charge in [0, 0.05) is 38.0 Å². The van der Waals surface area contributed by atoms with Crippen LogP contribution in [0.4, 0.5) is 0 Å². The predicted octanol–water partition coefficient (Wildman–Crippen LogP) is 3.44. The van der Waals surface area contributed by atoms with E-state index in [1.807, 2.05) is 24.3 Å². The first-order valence-corrected chi connectivity index (χ1v) is 8.96. The standard InChI is InChI=1S/C20H16BrN5/c21-17-7-3-1-5-14(17)12-26-18-8-4-2-6-15(18)16-11-13(9-10-19(16)26)20(22)24-25-23/h1-11H,12H2,(H3,22,23,24)/p+1. The molecule has 0 atom stereocenters. The molecule has 0 amide bonds. The fourth-order valence-corrected chi connectivity index (χ4v) is 3.71. The quantitative estimate of drug-likeness (QED) is 0.176. The largest absolute Gasteiger partial charge is 0.350 e. The molecule has 4 N–H and O–H groups in total. The molecular formula is C20H17BrN5+. The Balaban J connectivity index is 1.94. The Morgan fingerprint density at radius 2 is 1.69 bits per heavy atom. The molecule has 1 aromatic heterocycles. The number of aromatic nitrogens is 1. The molecule has 128 valence electrons. The van der Waals surface area contributed by atoms with Crippen LogP contribution in [0.5, 0.6) is 0 Å². The van der Waals surface area contributed by atoms with E-state index >= 15 is 0 Å². The number of amidine groups is 1. The van der Waals surface area contributed by atoms with E-state index < -0.39 is 0 Å². The molecule has 4 aromatic rings. The topological polar surface area (TPSA) is 81.3 Å². The lowest BCUT2D eigenvalue weighted by Crippen LogP contribution is -2.38. The number of halogens is 1. The Bertz CT molecular complexity index is 1160. The molecule has 0 fully saturated rings. The highest BCUT2D eigenvalue weighted by atomic mass is 79.9. The molecule has 26 heavy (non-hydrogen) atoms. The Morgan fingerprint density at radius 3 is 2.50 bits per heavy atom. The maximum Gasteiger partial charge on any atom is 0.350 e. The highest BCUT2D eigenvalue weighted by Crippen LogP contribution is 2.31. The summed E-state index contributed by atoms with van der Waals surface area (Å²) in [6.45, 7) is 0.770. The number of benzene rings is 3. The summed E-state index contributed by atoms with van der Waals surface area (Å²) in [5, 5.41) is 15.3. The highest BCUT2D eigenvalue weighted by molar-refractivity contribution is 9.10. The van der Waals surface area contributed by atoms with E-state index in [4.69, 9.17) is 11.3 Å². The number of hydrogen-bond donors (Lipinski definition) is 2. The zero-order valence-electron chi connectivity index (χ0n) is 13.9. The number of rotatable bonds is 3. The van der Waals surface area contributed by atoms with Crippen LogP contribution in [-0.2, 0) is 6.54 Å². The maximum atomic E-state index is 5.95. The molecule has 5 nitrogen and oxygen atoms in total. The molecule has 0 saturated heterocycles. The van der Waals surface area contributed by atoms with Gasteiger partial charge in [0.2, 0.25) is 0 Å². The lowest BCUT2D eigenvalue weighted by atomic mass is 10.1. The molecule has 0 radical (unpaired) electrons. The summed E-state index contributed by atoms with van der Waals surface area (Å²) in [6.07, 6.45) is 0. The van der Waals surface area contributed by atoms with E-state index in [0.717, 1.165) is 27.5 Å². The zero-order chi connectivity index (χ0) is 18.1. The van der Waals surface area contributed by atoms with Crippen LogP contribution >= 0.6 is 15.9 Å². The average molecular weight is 407 g/mol. The second-order valence-corrected chi connectivity index (χ2v) is 6.88. The first-order valence-electron chi connectivity index (χ1n) is 8.17. The number of fused-ring (bicyclic) bond motifs is 3. The molecule has 0 aliphatic rings. The van der Waals surface area contributed by atoms with Gasteiger partial charge in [0.15, 0.2) is 0 Å². The molecule has 1 heterocycles. The van der Waals surface area contributed by atoms with Crippen molar-refractivity contribution in [2.45, 2.75) is 6.54 Å². The molecule has 6 heteroatoms. The first-order chi connectivity index (χ1) is 12.7. The van der Waals surface area contributed by atoms with Crippen molar-refractivity contribution in [3.05, 3.63) is 82.3 Å². The van der Waals surface area contributed by atoms with E-state index in [1.165, 1.54) is 16.5 Å². The van der Waals surface area contributed by atoms with Crippen molar-refractivity contribution in [1.29, 1.82) is 0 Å². The third kappa shape index (κ3) is 2.78. The second-order valence-electron chi connectivity index (χ2n) is 6.03. The van der Waals surface area contributed by atoms with E-state index in [1.54, 1.807) is 0 Å². The fraction of sp³-hybridized carbons (Fsp3) is 0.0500. The van der Waals surface area contributed by atoms with Crippen molar-refractivity contribution in [3.63, 3.8) is 0 Å². The lowest BCUT2D eigenvalue weighted by molar-refractivity contribution is -0.114. The first kappa shape index (κ1) is 16.5.